The molecule has 1 fully saturated rings. The SMILES string of the molecule is CN=C(NCCS(=O)C(C)(C)C)NCc1ccc(N2CCCC2=O)cc1. The van der Waals surface area contributed by atoms with Crippen LogP contribution in [-0.4, -0.2) is 46.7 Å². The zero-order valence-electron chi connectivity index (χ0n) is 16.2. The van der Waals surface area contributed by atoms with Gasteiger partial charge in [0.05, 0.1) is 0 Å². The number of hydrogen-bond acceptors (Lipinski definition) is 3. The highest BCUT2D eigenvalue weighted by atomic mass is 32.2. The lowest BCUT2D eigenvalue weighted by molar-refractivity contribution is -0.117. The Hall–Kier alpha value is -1.89. The molecule has 7 heteroatoms. The summed E-state index contributed by atoms with van der Waals surface area (Å²) >= 11 is 0. The molecule has 1 atom stereocenters. The van der Waals surface area contributed by atoms with E-state index >= 15 is 0 Å². The molecule has 1 unspecified atom stereocenters. The van der Waals surface area contributed by atoms with Crippen molar-refractivity contribution in [2.75, 3.05) is 30.8 Å². The monoisotopic (exact) mass is 378 g/mol. The van der Waals surface area contributed by atoms with Gasteiger partial charge in [0, 0.05) is 60.1 Å². The molecule has 1 aliphatic rings. The van der Waals surface area contributed by atoms with E-state index in [1.54, 1.807) is 7.05 Å². The third-order valence-corrected chi connectivity index (χ3v) is 6.21. The van der Waals surface area contributed by atoms with Crippen molar-refractivity contribution in [1.82, 2.24) is 10.6 Å². The lowest BCUT2D eigenvalue weighted by Crippen LogP contribution is -2.40. The second-order valence-corrected chi connectivity index (χ2v) is 9.65. The van der Waals surface area contributed by atoms with Crippen LogP contribution in [0.2, 0.25) is 0 Å². The molecule has 26 heavy (non-hydrogen) atoms. The van der Waals surface area contributed by atoms with Crippen LogP contribution in [0, 0.1) is 0 Å². The molecule has 0 aliphatic carbocycles. The summed E-state index contributed by atoms with van der Waals surface area (Å²) in [7, 11) is 0.840. The van der Waals surface area contributed by atoms with Crippen molar-refractivity contribution in [1.29, 1.82) is 0 Å². The highest BCUT2D eigenvalue weighted by molar-refractivity contribution is 7.86. The molecule has 1 aliphatic heterocycles. The first-order valence-corrected chi connectivity index (χ1v) is 10.4. The second kappa shape index (κ2) is 9.16. The summed E-state index contributed by atoms with van der Waals surface area (Å²) in [6.45, 7) is 8.00. The smallest absolute Gasteiger partial charge is 0.227 e. The molecule has 1 saturated heterocycles. The minimum atomic E-state index is -0.880. The molecule has 2 N–H and O–H groups in total. The van der Waals surface area contributed by atoms with Crippen LogP contribution in [0.3, 0.4) is 0 Å². The zero-order valence-corrected chi connectivity index (χ0v) is 17.0. The summed E-state index contributed by atoms with van der Waals surface area (Å²) in [6.07, 6.45) is 1.58. The van der Waals surface area contributed by atoms with Crippen LogP contribution < -0.4 is 15.5 Å². The maximum absolute atomic E-state index is 12.1. The number of hydrogen-bond donors (Lipinski definition) is 2. The standard InChI is InChI=1S/C19H30N4O2S/c1-19(2,3)26(25)13-11-21-18(20-4)22-14-15-7-9-16(10-8-15)23-12-5-6-17(23)24/h7-10H,5-6,11-14H2,1-4H3,(H2,20,21,22). The molecular formula is C19H30N4O2S. The number of guanidine groups is 1. The maximum Gasteiger partial charge on any atom is 0.227 e. The first kappa shape index (κ1) is 20.4. The molecule has 0 spiro atoms. The number of benzene rings is 1. The predicted octanol–water partition coefficient (Wildman–Crippen LogP) is 2.03. The average molecular weight is 379 g/mol. The molecule has 1 heterocycles. The Kier molecular flexibility index (Phi) is 7.20. The second-order valence-electron chi connectivity index (χ2n) is 7.33. The van der Waals surface area contributed by atoms with Gasteiger partial charge in [0.2, 0.25) is 5.91 Å². The van der Waals surface area contributed by atoms with Crippen LogP contribution >= 0.6 is 0 Å². The van der Waals surface area contributed by atoms with Crippen molar-refractivity contribution in [3.05, 3.63) is 29.8 Å². The van der Waals surface area contributed by atoms with E-state index in [2.05, 4.69) is 15.6 Å². The summed E-state index contributed by atoms with van der Waals surface area (Å²) in [6, 6.07) is 8.03. The van der Waals surface area contributed by atoms with E-state index in [0.29, 0.717) is 31.2 Å². The minimum absolute atomic E-state index is 0.197. The summed E-state index contributed by atoms with van der Waals surface area (Å²) < 4.78 is 11.9. The fraction of sp³-hybridized carbons (Fsp3) is 0.579. The van der Waals surface area contributed by atoms with Gasteiger partial charge in [-0.05, 0) is 44.9 Å². The van der Waals surface area contributed by atoms with Crippen LogP contribution in [-0.2, 0) is 22.1 Å². The topological polar surface area (TPSA) is 73.8 Å². The lowest BCUT2D eigenvalue weighted by atomic mass is 10.2. The largest absolute Gasteiger partial charge is 0.355 e. The molecule has 1 aromatic rings. The number of nitrogens with one attached hydrogen (secondary N) is 2. The number of nitrogens with zero attached hydrogens (tertiary/aromatic N) is 2. The summed E-state index contributed by atoms with van der Waals surface area (Å²) in [5.41, 5.74) is 2.07. The Morgan fingerprint density at radius 2 is 1.92 bits per heavy atom. The van der Waals surface area contributed by atoms with Crippen molar-refractivity contribution in [2.24, 2.45) is 4.99 Å². The van der Waals surface area contributed by atoms with Crippen molar-refractivity contribution >= 4 is 28.4 Å². The van der Waals surface area contributed by atoms with Crippen molar-refractivity contribution in [3.8, 4) is 0 Å². The van der Waals surface area contributed by atoms with Crippen LogP contribution in [0.1, 0.15) is 39.2 Å². The van der Waals surface area contributed by atoms with Crippen molar-refractivity contribution in [2.45, 2.75) is 44.9 Å². The molecule has 0 saturated carbocycles. The lowest BCUT2D eigenvalue weighted by Gasteiger charge is -2.19. The Balaban J connectivity index is 1.79. The fourth-order valence-electron chi connectivity index (χ4n) is 2.69. The van der Waals surface area contributed by atoms with E-state index < -0.39 is 10.8 Å². The maximum atomic E-state index is 12.1. The summed E-state index contributed by atoms with van der Waals surface area (Å²) in [5.74, 6) is 1.48. The summed E-state index contributed by atoms with van der Waals surface area (Å²) in [5, 5.41) is 6.45. The van der Waals surface area contributed by atoms with Gasteiger partial charge in [-0.25, -0.2) is 0 Å². The van der Waals surface area contributed by atoms with Gasteiger partial charge < -0.3 is 15.5 Å². The van der Waals surface area contributed by atoms with Crippen LogP contribution in [0.5, 0.6) is 0 Å². The van der Waals surface area contributed by atoms with Gasteiger partial charge in [-0.1, -0.05) is 12.1 Å². The Morgan fingerprint density at radius 1 is 1.23 bits per heavy atom. The number of anilines is 1. The minimum Gasteiger partial charge on any atom is -0.355 e. The molecular weight excluding hydrogens is 348 g/mol. The number of aliphatic imine (C=N–C) groups is 1. The Bertz CT molecular complexity index is 665. The third-order valence-electron chi connectivity index (χ3n) is 4.27. The van der Waals surface area contributed by atoms with Crippen molar-refractivity contribution < 1.29 is 9.00 Å². The molecule has 1 amide bonds. The molecule has 144 valence electrons. The van der Waals surface area contributed by atoms with Gasteiger partial charge in [0.15, 0.2) is 5.96 Å². The highest BCUT2D eigenvalue weighted by Gasteiger charge is 2.21. The number of carbonyl (C=O) groups is 1. The number of rotatable bonds is 6. The normalized spacial score (nSPS) is 16.7. The molecule has 2 rings (SSSR count). The van der Waals surface area contributed by atoms with Gasteiger partial charge in [0.1, 0.15) is 0 Å². The molecule has 1 aromatic carbocycles. The van der Waals surface area contributed by atoms with Gasteiger partial charge >= 0.3 is 0 Å². The highest BCUT2D eigenvalue weighted by Crippen LogP contribution is 2.21. The number of amides is 1. The Morgan fingerprint density at radius 3 is 2.46 bits per heavy atom. The van der Waals surface area contributed by atoms with E-state index in [9.17, 15) is 9.00 Å². The van der Waals surface area contributed by atoms with E-state index in [4.69, 9.17) is 0 Å². The van der Waals surface area contributed by atoms with Gasteiger partial charge in [-0.3, -0.25) is 14.0 Å². The van der Waals surface area contributed by atoms with Crippen LogP contribution in [0.25, 0.3) is 0 Å². The van der Waals surface area contributed by atoms with Gasteiger partial charge in [0.25, 0.3) is 0 Å². The fourth-order valence-corrected chi connectivity index (χ4v) is 3.59. The van der Waals surface area contributed by atoms with E-state index in [0.717, 1.165) is 24.2 Å². The van der Waals surface area contributed by atoms with Crippen LogP contribution in [0.15, 0.2) is 29.3 Å². The molecule has 0 radical (unpaired) electrons. The van der Waals surface area contributed by atoms with E-state index in [-0.39, 0.29) is 10.7 Å². The zero-order chi connectivity index (χ0) is 19.2. The quantitative estimate of drug-likeness (QED) is 0.587. The van der Waals surface area contributed by atoms with Gasteiger partial charge in [-0.2, -0.15) is 0 Å². The van der Waals surface area contributed by atoms with E-state index in [1.165, 1.54) is 0 Å². The molecule has 0 aromatic heterocycles. The Labute approximate surface area is 158 Å². The molecule has 0 bridgehead atoms. The number of carbonyl (C=O) groups excluding carboxylic acids is 1. The van der Waals surface area contributed by atoms with Crippen molar-refractivity contribution in [3.63, 3.8) is 0 Å². The average Bonchev–Trinajstić information content (AvgIpc) is 3.03. The summed E-state index contributed by atoms with van der Waals surface area (Å²) in [4.78, 5) is 17.8. The van der Waals surface area contributed by atoms with Crippen LogP contribution in [0.4, 0.5) is 5.69 Å². The first-order valence-electron chi connectivity index (χ1n) is 9.03. The molecule has 6 nitrogen and oxygen atoms in total. The predicted molar refractivity (Wildman–Crippen MR) is 109 cm³/mol. The first-order chi connectivity index (χ1) is 12.3. The van der Waals surface area contributed by atoms with E-state index in [1.807, 2.05) is 49.9 Å². The van der Waals surface area contributed by atoms with Gasteiger partial charge in [-0.15, -0.1) is 0 Å². The third kappa shape index (κ3) is 5.83.